The average Bonchev–Trinajstić information content (AvgIpc) is 3.52. The fraction of sp³-hybridized carbons (Fsp3) is 0.280. The van der Waals surface area contributed by atoms with Crippen LogP contribution in [0.2, 0.25) is 0 Å². The number of halogens is 3. The van der Waals surface area contributed by atoms with Gasteiger partial charge in [0.2, 0.25) is 0 Å². The number of hydrogen-bond donors (Lipinski definition) is 3. The molecule has 4 aromatic rings. The number of pyridine rings is 2. The summed E-state index contributed by atoms with van der Waals surface area (Å²) >= 11 is 0. The van der Waals surface area contributed by atoms with Crippen molar-refractivity contribution in [2.75, 3.05) is 29.1 Å². The van der Waals surface area contributed by atoms with Crippen LogP contribution < -0.4 is 10.2 Å². The van der Waals surface area contributed by atoms with Gasteiger partial charge in [0.15, 0.2) is 0 Å². The van der Waals surface area contributed by atoms with Crippen molar-refractivity contribution in [2.24, 2.45) is 0 Å². The Morgan fingerprint density at radius 3 is 2.67 bits per heavy atom. The maximum absolute atomic E-state index is 13.1. The second-order valence-electron chi connectivity index (χ2n) is 9.13. The Hall–Kier alpha value is -4.04. The van der Waals surface area contributed by atoms with Crippen LogP contribution in [0.5, 0.6) is 0 Å². The number of benzene rings is 1. The number of carbonyl (C=O) groups excluding carboxylic acids is 1. The van der Waals surface area contributed by atoms with Crippen molar-refractivity contribution in [3.63, 3.8) is 0 Å². The van der Waals surface area contributed by atoms with Crippen LogP contribution >= 0.6 is 0 Å². The predicted molar refractivity (Wildman–Crippen MR) is 138 cm³/mol. The molecule has 2 unspecified atom stereocenters. The normalized spacial score (nSPS) is 17.3. The largest absolute Gasteiger partial charge is 0.433 e. The third kappa shape index (κ3) is 5.86. The van der Waals surface area contributed by atoms with Crippen LogP contribution in [0.1, 0.15) is 22.6 Å². The first-order chi connectivity index (χ1) is 18.5. The first-order valence-corrected chi connectivity index (χ1v) is 13.7. The molecule has 0 aliphatic carbocycles. The van der Waals surface area contributed by atoms with Gasteiger partial charge >= 0.3 is 6.18 Å². The van der Waals surface area contributed by atoms with Gasteiger partial charge in [-0.3, -0.25) is 14.5 Å². The van der Waals surface area contributed by atoms with Gasteiger partial charge in [-0.25, -0.2) is 14.0 Å². The summed E-state index contributed by atoms with van der Waals surface area (Å²) < 4.78 is 62.0. The molecule has 10 nitrogen and oxygen atoms in total. The van der Waals surface area contributed by atoms with Crippen molar-refractivity contribution in [2.45, 2.75) is 30.1 Å². The van der Waals surface area contributed by atoms with Gasteiger partial charge in [0.25, 0.3) is 5.91 Å². The minimum Gasteiger partial charge on any atom is -0.391 e. The number of amides is 1. The van der Waals surface area contributed by atoms with E-state index in [2.05, 4.69) is 20.4 Å². The zero-order chi connectivity index (χ0) is 27.8. The van der Waals surface area contributed by atoms with Gasteiger partial charge in [0.05, 0.1) is 49.9 Å². The van der Waals surface area contributed by atoms with Gasteiger partial charge in [0, 0.05) is 37.1 Å². The van der Waals surface area contributed by atoms with Crippen LogP contribution in [0, 0.1) is 4.78 Å². The Labute approximate surface area is 221 Å². The van der Waals surface area contributed by atoms with E-state index in [1.165, 1.54) is 18.5 Å². The Kier molecular flexibility index (Phi) is 6.99. The Balaban J connectivity index is 1.44. The van der Waals surface area contributed by atoms with E-state index in [1.807, 2.05) is 4.90 Å². The molecule has 1 amide bonds. The molecule has 14 heteroatoms. The number of β-amino-alcohol motifs (C(OH)–C–C–N with tert-alkyl or cyclic N) is 1. The summed E-state index contributed by atoms with van der Waals surface area (Å²) in [6, 6.07) is 9.55. The monoisotopic (exact) mass is 559 g/mol. The van der Waals surface area contributed by atoms with Crippen molar-refractivity contribution in [1.82, 2.24) is 19.7 Å². The Morgan fingerprint density at radius 1 is 1.21 bits per heavy atom. The predicted octanol–water partition coefficient (Wildman–Crippen LogP) is 3.77. The molecule has 1 aliphatic heterocycles. The Morgan fingerprint density at radius 2 is 1.97 bits per heavy atom. The molecule has 0 radical (unpaired) electrons. The van der Waals surface area contributed by atoms with Gasteiger partial charge in [-0.2, -0.15) is 18.3 Å². The second-order valence-corrected chi connectivity index (χ2v) is 11.4. The smallest absolute Gasteiger partial charge is 0.391 e. The van der Waals surface area contributed by atoms with Crippen LogP contribution in [0.25, 0.3) is 10.9 Å². The highest BCUT2D eigenvalue weighted by Crippen LogP contribution is 2.34. The molecular formula is C25H24F3N7O3S. The van der Waals surface area contributed by atoms with E-state index >= 15 is 0 Å². The summed E-state index contributed by atoms with van der Waals surface area (Å²) in [7, 11) is -3.07. The Bertz CT molecular complexity index is 1630. The number of aliphatic hydroxyl groups is 1. The fourth-order valence-electron chi connectivity index (χ4n) is 4.35. The van der Waals surface area contributed by atoms with E-state index < -0.39 is 39.3 Å². The highest BCUT2D eigenvalue weighted by molar-refractivity contribution is 7.92. The first kappa shape index (κ1) is 26.6. The highest BCUT2D eigenvalue weighted by Gasteiger charge is 2.33. The van der Waals surface area contributed by atoms with E-state index in [4.69, 9.17) is 4.78 Å². The number of nitrogens with one attached hydrogen (secondary N) is 2. The van der Waals surface area contributed by atoms with Crippen molar-refractivity contribution < 1.29 is 27.3 Å². The number of rotatable bonds is 7. The van der Waals surface area contributed by atoms with Crippen molar-refractivity contribution in [1.29, 1.82) is 4.78 Å². The molecule has 4 heterocycles. The molecule has 3 aromatic heterocycles. The summed E-state index contributed by atoms with van der Waals surface area (Å²) in [4.78, 5) is 22.5. The number of fused-ring (bicyclic) bond motifs is 1. The van der Waals surface area contributed by atoms with Gasteiger partial charge in [0.1, 0.15) is 11.4 Å². The summed E-state index contributed by atoms with van der Waals surface area (Å²) in [5.74, 6) is -0.804. The maximum Gasteiger partial charge on any atom is 0.433 e. The highest BCUT2D eigenvalue weighted by atomic mass is 32.2. The molecule has 1 aliphatic rings. The molecule has 0 spiro atoms. The molecule has 3 N–H and O–H groups in total. The summed E-state index contributed by atoms with van der Waals surface area (Å²) in [5.41, 5.74) is -0.143. The van der Waals surface area contributed by atoms with Gasteiger partial charge in [-0.15, -0.1) is 0 Å². The van der Waals surface area contributed by atoms with E-state index in [9.17, 15) is 27.3 Å². The number of carbonyl (C=O) groups is 1. The second kappa shape index (κ2) is 10.3. The molecule has 5 rings (SSSR count). The quantitative estimate of drug-likeness (QED) is 0.313. The van der Waals surface area contributed by atoms with Crippen molar-refractivity contribution >= 4 is 37.9 Å². The van der Waals surface area contributed by atoms with Gasteiger partial charge < -0.3 is 15.3 Å². The lowest BCUT2D eigenvalue weighted by atomic mass is 10.1. The third-order valence-corrected chi connectivity index (χ3v) is 8.12. The molecule has 2 atom stereocenters. The molecule has 204 valence electrons. The van der Waals surface area contributed by atoms with E-state index in [-0.39, 0.29) is 12.3 Å². The van der Waals surface area contributed by atoms with E-state index in [0.717, 1.165) is 12.1 Å². The summed E-state index contributed by atoms with van der Waals surface area (Å²) in [6.07, 6.45) is -0.105. The molecule has 0 saturated carbocycles. The van der Waals surface area contributed by atoms with E-state index in [0.29, 0.717) is 46.7 Å². The maximum atomic E-state index is 13.1. The topological polar surface area (TPSA) is 137 Å². The lowest BCUT2D eigenvalue weighted by molar-refractivity contribution is -0.141. The van der Waals surface area contributed by atoms with Crippen LogP contribution in [-0.4, -0.2) is 59.9 Å². The lowest BCUT2D eigenvalue weighted by Crippen LogP contribution is -2.24. The van der Waals surface area contributed by atoms with Gasteiger partial charge in [-0.1, -0.05) is 6.07 Å². The number of aryl methyl sites for hydroxylation is 1. The van der Waals surface area contributed by atoms with Crippen LogP contribution in [0.15, 0.2) is 66.0 Å². The molecule has 1 fully saturated rings. The molecule has 0 bridgehead atoms. The number of aromatic nitrogens is 4. The number of aliphatic hydroxyl groups excluding tert-OH is 1. The fourth-order valence-corrected chi connectivity index (χ4v) is 5.59. The van der Waals surface area contributed by atoms with Crippen LogP contribution in [0.4, 0.5) is 24.5 Å². The standard InChI is InChI=1S/C25H24F3N7O3S/c26-25(27,28)23-3-1-2-19(31-23)24(37)32-21-12-16-14-35(10-11-39(29,38)18-4-7-30-8-5-18)33-20(16)13-22(21)34-9-6-17(36)15-34/h1-5,7-8,12-14,17,29,36H,6,9-11,15H2,(H,32,37). The summed E-state index contributed by atoms with van der Waals surface area (Å²) in [6.45, 7) is 1.00. The van der Waals surface area contributed by atoms with E-state index in [1.54, 1.807) is 35.1 Å². The molecule has 1 saturated heterocycles. The lowest BCUT2D eigenvalue weighted by Gasteiger charge is -2.22. The summed E-state index contributed by atoms with van der Waals surface area (Å²) in [5, 5.41) is 17.9. The number of anilines is 2. The van der Waals surface area contributed by atoms with Crippen molar-refractivity contribution in [3.8, 4) is 0 Å². The van der Waals surface area contributed by atoms with Crippen LogP contribution in [0.3, 0.4) is 0 Å². The van der Waals surface area contributed by atoms with Crippen molar-refractivity contribution in [3.05, 3.63) is 72.4 Å². The number of nitrogens with zero attached hydrogens (tertiary/aromatic N) is 5. The molecule has 39 heavy (non-hydrogen) atoms. The zero-order valence-electron chi connectivity index (χ0n) is 20.4. The number of alkyl halides is 3. The molecular weight excluding hydrogens is 535 g/mol. The number of hydrogen-bond acceptors (Lipinski definition) is 8. The minimum absolute atomic E-state index is 0.0149. The van der Waals surface area contributed by atoms with Crippen LogP contribution in [-0.2, 0) is 22.5 Å². The third-order valence-electron chi connectivity index (χ3n) is 6.33. The molecule has 1 aromatic carbocycles. The van der Waals surface area contributed by atoms with Gasteiger partial charge in [-0.05, 0) is 42.8 Å². The SMILES string of the molecule is N=S(=O)(CCn1cc2cc(NC(=O)c3cccc(C(F)(F)F)n3)c(N3CCC(O)C3)cc2n1)c1ccncc1. The first-order valence-electron chi connectivity index (χ1n) is 12.0. The average molecular weight is 560 g/mol. The minimum atomic E-state index is -4.69. The zero-order valence-corrected chi connectivity index (χ0v) is 21.2.